The minimum atomic E-state index is -0.489. The topological polar surface area (TPSA) is 43.0 Å². The highest BCUT2D eigenvalue weighted by Gasteiger charge is 2.27. The van der Waals surface area contributed by atoms with Gasteiger partial charge in [-0.05, 0) is 11.6 Å². The first-order valence-electron chi connectivity index (χ1n) is 9.20. The predicted octanol–water partition coefficient (Wildman–Crippen LogP) is 4.04. The first-order chi connectivity index (χ1) is 13.3. The third kappa shape index (κ3) is 6.37. The van der Waals surface area contributed by atoms with Crippen LogP contribution in [-0.2, 0) is 6.61 Å². The molecule has 1 N–H and O–H groups in total. The van der Waals surface area contributed by atoms with Crippen molar-refractivity contribution in [3.05, 3.63) is 53.6 Å². The van der Waals surface area contributed by atoms with E-state index in [1.807, 2.05) is 36.4 Å². The molecule has 2 aromatic rings. The quantitative estimate of drug-likeness (QED) is 0.662. The van der Waals surface area contributed by atoms with Crippen LogP contribution in [-0.4, -0.2) is 52.0 Å². The van der Waals surface area contributed by atoms with Gasteiger partial charge in [-0.1, -0.05) is 30.3 Å². The SMILES string of the molecule is COc1cc(OCc2ccccc2)c([C@@H](CF)N2CCNCC2)cc1OC.Cl.Cl. The van der Waals surface area contributed by atoms with Gasteiger partial charge in [-0.25, -0.2) is 4.39 Å². The highest BCUT2D eigenvalue weighted by atomic mass is 35.5. The fraction of sp³-hybridized carbons (Fsp3) is 0.429. The summed E-state index contributed by atoms with van der Waals surface area (Å²) in [5.41, 5.74) is 1.84. The number of ether oxygens (including phenoxy) is 3. The van der Waals surface area contributed by atoms with Crippen LogP contribution in [0, 0.1) is 0 Å². The van der Waals surface area contributed by atoms with Crippen LogP contribution in [0.4, 0.5) is 4.39 Å². The number of alkyl halides is 1. The smallest absolute Gasteiger partial charge is 0.164 e. The molecule has 1 saturated heterocycles. The molecule has 29 heavy (non-hydrogen) atoms. The summed E-state index contributed by atoms with van der Waals surface area (Å²) in [5, 5.41) is 3.31. The molecule has 5 nitrogen and oxygen atoms in total. The number of benzene rings is 2. The normalized spacial score (nSPS) is 14.9. The van der Waals surface area contributed by atoms with E-state index in [0.717, 1.165) is 37.3 Å². The second-order valence-corrected chi connectivity index (χ2v) is 6.48. The molecule has 3 rings (SSSR count). The number of nitrogens with one attached hydrogen (secondary N) is 1. The van der Waals surface area contributed by atoms with Crippen molar-refractivity contribution in [2.75, 3.05) is 47.1 Å². The lowest BCUT2D eigenvalue weighted by molar-refractivity contribution is 0.143. The van der Waals surface area contributed by atoms with Crippen LogP contribution in [0.25, 0.3) is 0 Å². The van der Waals surface area contributed by atoms with Crippen molar-refractivity contribution in [1.29, 1.82) is 0 Å². The molecule has 8 heteroatoms. The van der Waals surface area contributed by atoms with Gasteiger partial charge in [0.15, 0.2) is 11.5 Å². The van der Waals surface area contributed by atoms with Crippen LogP contribution in [0.5, 0.6) is 17.2 Å². The number of rotatable bonds is 8. The van der Waals surface area contributed by atoms with Crippen molar-refractivity contribution in [2.45, 2.75) is 12.6 Å². The number of halogens is 3. The van der Waals surface area contributed by atoms with Crippen LogP contribution in [0.3, 0.4) is 0 Å². The Hall–Kier alpha value is -1.73. The van der Waals surface area contributed by atoms with Crippen LogP contribution < -0.4 is 19.5 Å². The van der Waals surface area contributed by atoms with E-state index in [-0.39, 0.29) is 30.9 Å². The lowest BCUT2D eigenvalue weighted by Crippen LogP contribution is -2.45. The second kappa shape index (κ2) is 12.8. The third-order valence-corrected chi connectivity index (χ3v) is 4.85. The van der Waals surface area contributed by atoms with Gasteiger partial charge in [0.1, 0.15) is 19.0 Å². The van der Waals surface area contributed by atoms with Crippen molar-refractivity contribution >= 4 is 24.8 Å². The maximum absolute atomic E-state index is 14.1. The first-order valence-corrected chi connectivity index (χ1v) is 9.20. The van der Waals surface area contributed by atoms with Gasteiger partial charge in [0.25, 0.3) is 0 Å². The summed E-state index contributed by atoms with van der Waals surface area (Å²) in [7, 11) is 3.17. The van der Waals surface area contributed by atoms with Gasteiger partial charge in [-0.3, -0.25) is 4.90 Å². The molecule has 0 spiro atoms. The molecule has 162 valence electrons. The van der Waals surface area contributed by atoms with Gasteiger partial charge in [-0.2, -0.15) is 0 Å². The highest BCUT2D eigenvalue weighted by molar-refractivity contribution is 5.85. The summed E-state index contributed by atoms with van der Waals surface area (Å²) in [6, 6.07) is 13.2. The van der Waals surface area contributed by atoms with E-state index in [0.29, 0.717) is 23.9 Å². The highest BCUT2D eigenvalue weighted by Crippen LogP contribution is 2.40. The Bertz CT molecular complexity index is 731. The molecule has 0 bridgehead atoms. The fourth-order valence-corrected chi connectivity index (χ4v) is 3.37. The third-order valence-electron chi connectivity index (χ3n) is 4.85. The van der Waals surface area contributed by atoms with Gasteiger partial charge in [0.2, 0.25) is 0 Å². The van der Waals surface area contributed by atoms with Crippen LogP contribution in [0.2, 0.25) is 0 Å². The van der Waals surface area contributed by atoms with Crippen LogP contribution in [0.15, 0.2) is 42.5 Å². The van der Waals surface area contributed by atoms with Crippen molar-refractivity contribution in [3.8, 4) is 17.2 Å². The zero-order valence-electron chi connectivity index (χ0n) is 16.7. The Kier molecular flexibility index (Phi) is 11.1. The zero-order valence-corrected chi connectivity index (χ0v) is 18.4. The van der Waals surface area contributed by atoms with Crippen LogP contribution in [0.1, 0.15) is 17.2 Å². The first kappa shape index (κ1) is 25.3. The monoisotopic (exact) mass is 446 g/mol. The Morgan fingerprint density at radius 2 is 1.59 bits per heavy atom. The molecule has 0 radical (unpaired) electrons. The molecular weight excluding hydrogens is 418 g/mol. The van der Waals surface area contributed by atoms with E-state index < -0.39 is 6.67 Å². The largest absolute Gasteiger partial charge is 0.493 e. The summed E-state index contributed by atoms with van der Waals surface area (Å²) in [4.78, 5) is 2.15. The van der Waals surface area contributed by atoms with Crippen LogP contribution >= 0.6 is 24.8 Å². The average molecular weight is 447 g/mol. The van der Waals surface area contributed by atoms with E-state index >= 15 is 0 Å². The van der Waals surface area contributed by atoms with E-state index in [2.05, 4.69) is 10.2 Å². The minimum absolute atomic E-state index is 0. The maximum atomic E-state index is 14.1. The lowest BCUT2D eigenvalue weighted by atomic mass is 10.0. The average Bonchev–Trinajstić information content (AvgIpc) is 2.74. The molecule has 0 saturated carbocycles. The van der Waals surface area contributed by atoms with E-state index in [4.69, 9.17) is 14.2 Å². The number of nitrogens with zero attached hydrogens (tertiary/aromatic N) is 1. The zero-order chi connectivity index (χ0) is 19.1. The molecule has 0 aromatic heterocycles. The summed E-state index contributed by atoms with van der Waals surface area (Å²) in [6.45, 7) is 3.21. The van der Waals surface area contributed by atoms with E-state index in [9.17, 15) is 4.39 Å². The molecule has 1 fully saturated rings. The van der Waals surface area contributed by atoms with E-state index in [1.54, 1.807) is 20.3 Å². The molecule has 1 aliphatic rings. The molecule has 0 aliphatic carbocycles. The van der Waals surface area contributed by atoms with E-state index in [1.165, 1.54) is 0 Å². The van der Waals surface area contributed by atoms with Gasteiger partial charge in [0, 0.05) is 37.8 Å². The van der Waals surface area contributed by atoms with Crippen molar-refractivity contribution in [3.63, 3.8) is 0 Å². The Morgan fingerprint density at radius 3 is 2.17 bits per heavy atom. The molecule has 1 aliphatic heterocycles. The number of hydrogen-bond acceptors (Lipinski definition) is 5. The second-order valence-electron chi connectivity index (χ2n) is 6.48. The van der Waals surface area contributed by atoms with Crippen molar-refractivity contribution in [1.82, 2.24) is 10.2 Å². The fourth-order valence-electron chi connectivity index (χ4n) is 3.37. The summed E-state index contributed by atoms with van der Waals surface area (Å²) < 4.78 is 31.1. The van der Waals surface area contributed by atoms with Gasteiger partial charge >= 0.3 is 0 Å². The summed E-state index contributed by atoms with van der Waals surface area (Å²) in [5.74, 6) is 1.77. The van der Waals surface area contributed by atoms with Crippen molar-refractivity contribution in [2.24, 2.45) is 0 Å². The summed E-state index contributed by atoms with van der Waals surface area (Å²) in [6.07, 6.45) is 0. The van der Waals surface area contributed by atoms with Gasteiger partial charge in [-0.15, -0.1) is 24.8 Å². The lowest BCUT2D eigenvalue weighted by Gasteiger charge is -2.34. The Labute approximate surface area is 184 Å². The summed E-state index contributed by atoms with van der Waals surface area (Å²) >= 11 is 0. The number of hydrogen-bond donors (Lipinski definition) is 1. The Balaban J connectivity index is 0.00000210. The number of methoxy groups -OCH3 is 2. The molecule has 0 unspecified atom stereocenters. The standard InChI is InChI=1S/C21H27FN2O3.2ClH/c1-25-20-12-17(18(14-22)24-10-8-23-9-11-24)19(13-21(20)26-2)27-15-16-6-4-3-5-7-16;;/h3-7,12-13,18,23H,8-11,14-15H2,1-2H3;2*1H/t18-;;/m1../s1. The molecule has 0 amide bonds. The Morgan fingerprint density at radius 1 is 0.966 bits per heavy atom. The molecule has 1 heterocycles. The van der Waals surface area contributed by atoms with Crippen molar-refractivity contribution < 1.29 is 18.6 Å². The minimum Gasteiger partial charge on any atom is -0.493 e. The van der Waals surface area contributed by atoms with Gasteiger partial charge < -0.3 is 19.5 Å². The molecule has 1 atom stereocenters. The molecular formula is C21H29Cl2FN2O3. The molecule has 2 aromatic carbocycles. The maximum Gasteiger partial charge on any atom is 0.164 e. The van der Waals surface area contributed by atoms with Gasteiger partial charge in [0.05, 0.1) is 20.3 Å². The number of piperazine rings is 1. The predicted molar refractivity (Wildman–Crippen MR) is 118 cm³/mol.